The van der Waals surface area contributed by atoms with Gasteiger partial charge in [0, 0.05) is 5.92 Å². The molecule has 4 rings (SSSR count). The molecule has 138 valence electrons. The van der Waals surface area contributed by atoms with E-state index in [0.717, 1.165) is 11.1 Å². The first-order valence-electron chi connectivity index (χ1n) is 9.10. The lowest BCUT2D eigenvalue weighted by molar-refractivity contribution is -0.139. The monoisotopic (exact) mass is 363 g/mol. The van der Waals surface area contributed by atoms with Crippen LogP contribution in [-0.2, 0) is 14.3 Å². The van der Waals surface area contributed by atoms with Crippen LogP contribution in [0.1, 0.15) is 29.9 Å². The molecule has 0 aromatic heterocycles. The van der Waals surface area contributed by atoms with Crippen LogP contribution in [0.5, 0.6) is 0 Å². The zero-order chi connectivity index (χ0) is 18.8. The minimum absolute atomic E-state index is 0.00722. The van der Waals surface area contributed by atoms with Crippen molar-refractivity contribution in [3.63, 3.8) is 0 Å². The Morgan fingerprint density at radius 1 is 1.15 bits per heavy atom. The molecule has 0 bridgehead atoms. The third-order valence-corrected chi connectivity index (χ3v) is 5.21. The van der Waals surface area contributed by atoms with E-state index in [1.54, 1.807) is 6.08 Å². The van der Waals surface area contributed by atoms with Gasteiger partial charge in [0.1, 0.15) is 12.6 Å². The number of allylic oxidation sites excluding steroid dienone is 1. The largest absolute Gasteiger partial charge is 0.448 e. The second-order valence-corrected chi connectivity index (χ2v) is 6.75. The molecular weight excluding hydrogens is 342 g/mol. The van der Waals surface area contributed by atoms with Crippen molar-refractivity contribution >= 4 is 12.1 Å². The summed E-state index contributed by atoms with van der Waals surface area (Å²) < 4.78 is 10.6. The Morgan fingerprint density at radius 3 is 2.41 bits per heavy atom. The van der Waals surface area contributed by atoms with Crippen LogP contribution in [0, 0.1) is 0 Å². The summed E-state index contributed by atoms with van der Waals surface area (Å²) in [6.45, 7) is 3.83. The molecule has 0 unspecified atom stereocenters. The van der Waals surface area contributed by atoms with Crippen molar-refractivity contribution in [3.05, 3.63) is 72.3 Å². The average Bonchev–Trinajstić information content (AvgIpc) is 3.22. The third kappa shape index (κ3) is 3.10. The number of esters is 1. The molecular formula is C22H21NO4. The number of hydrogen-bond donors (Lipinski definition) is 0. The molecule has 27 heavy (non-hydrogen) atoms. The summed E-state index contributed by atoms with van der Waals surface area (Å²) >= 11 is 0. The van der Waals surface area contributed by atoms with E-state index in [1.807, 2.05) is 24.3 Å². The quantitative estimate of drug-likeness (QED) is 0.593. The van der Waals surface area contributed by atoms with Crippen molar-refractivity contribution in [3.8, 4) is 11.1 Å². The molecule has 1 saturated heterocycles. The maximum atomic E-state index is 12.6. The Hall–Kier alpha value is -3.08. The number of amides is 1. The molecule has 1 amide bonds. The van der Waals surface area contributed by atoms with Gasteiger partial charge in [-0.1, -0.05) is 54.6 Å². The third-order valence-electron chi connectivity index (χ3n) is 5.21. The molecule has 5 nitrogen and oxygen atoms in total. The molecule has 1 heterocycles. The van der Waals surface area contributed by atoms with E-state index in [9.17, 15) is 9.59 Å². The molecule has 2 aliphatic rings. The topological polar surface area (TPSA) is 55.8 Å². The lowest BCUT2D eigenvalue weighted by atomic mass is 9.98. The second kappa shape index (κ2) is 7.27. The van der Waals surface area contributed by atoms with Crippen LogP contribution in [0.25, 0.3) is 11.1 Å². The molecule has 5 heteroatoms. The second-order valence-electron chi connectivity index (χ2n) is 6.75. The molecule has 1 aliphatic heterocycles. The molecule has 0 spiro atoms. The highest BCUT2D eigenvalue weighted by molar-refractivity contribution is 5.84. The van der Waals surface area contributed by atoms with E-state index in [4.69, 9.17) is 9.47 Å². The van der Waals surface area contributed by atoms with Crippen molar-refractivity contribution in [1.29, 1.82) is 0 Å². The zero-order valence-corrected chi connectivity index (χ0v) is 15.0. The lowest BCUT2D eigenvalue weighted by Crippen LogP contribution is -2.39. The number of carbonyl (C=O) groups is 2. The van der Waals surface area contributed by atoms with Crippen molar-refractivity contribution < 1.29 is 19.1 Å². The van der Waals surface area contributed by atoms with Crippen LogP contribution < -0.4 is 0 Å². The highest BCUT2D eigenvalue weighted by atomic mass is 16.6. The Bertz CT molecular complexity index is 846. The maximum Gasteiger partial charge on any atom is 0.413 e. The fourth-order valence-electron chi connectivity index (χ4n) is 3.85. The minimum Gasteiger partial charge on any atom is -0.448 e. The molecule has 2 aromatic carbocycles. The number of carbonyl (C=O) groups excluding carboxylic acids is 2. The van der Waals surface area contributed by atoms with Gasteiger partial charge in [-0.25, -0.2) is 9.59 Å². The van der Waals surface area contributed by atoms with Crippen LogP contribution in [0.15, 0.2) is 61.2 Å². The molecule has 0 radical (unpaired) electrons. The maximum absolute atomic E-state index is 12.6. The summed E-state index contributed by atoms with van der Waals surface area (Å²) in [6, 6.07) is 15.8. The van der Waals surface area contributed by atoms with E-state index in [1.165, 1.54) is 16.0 Å². The Labute approximate surface area is 158 Å². The van der Waals surface area contributed by atoms with E-state index in [0.29, 0.717) is 12.8 Å². The average molecular weight is 363 g/mol. The first-order chi connectivity index (χ1) is 13.2. The number of hydrogen-bond acceptors (Lipinski definition) is 4. The van der Waals surface area contributed by atoms with Gasteiger partial charge in [-0.3, -0.25) is 4.90 Å². The number of cyclic esters (lactones) is 1. The SMILES string of the molecule is C=CCC[C@H]1C(=O)OCN1C(=O)OCC1c2ccccc2-c2ccccc21. The first kappa shape index (κ1) is 17.3. The Morgan fingerprint density at radius 2 is 1.78 bits per heavy atom. The van der Waals surface area contributed by atoms with Gasteiger partial charge in [0.2, 0.25) is 0 Å². The summed E-state index contributed by atoms with van der Waals surface area (Å²) in [5.74, 6) is -0.391. The van der Waals surface area contributed by atoms with Crippen molar-refractivity contribution in [2.75, 3.05) is 13.3 Å². The van der Waals surface area contributed by atoms with Crippen LogP contribution in [-0.4, -0.2) is 36.3 Å². The molecule has 1 atom stereocenters. The highest BCUT2D eigenvalue weighted by Crippen LogP contribution is 2.44. The first-order valence-corrected chi connectivity index (χ1v) is 9.10. The van der Waals surface area contributed by atoms with Crippen LogP contribution in [0.2, 0.25) is 0 Å². The normalized spacial score (nSPS) is 18.0. The van der Waals surface area contributed by atoms with Gasteiger partial charge in [-0.2, -0.15) is 0 Å². The summed E-state index contributed by atoms with van der Waals surface area (Å²) in [7, 11) is 0. The van der Waals surface area contributed by atoms with Crippen LogP contribution >= 0.6 is 0 Å². The smallest absolute Gasteiger partial charge is 0.413 e. The molecule has 0 saturated carbocycles. The lowest BCUT2D eigenvalue weighted by Gasteiger charge is -2.21. The standard InChI is InChI=1S/C22H21NO4/c1-2-3-12-20-21(24)27-14-23(20)22(25)26-13-19-17-10-6-4-8-15(17)16-9-5-7-11-18(16)19/h2,4-11,19-20H,1,3,12-14H2/t20-/m0/s1. The molecule has 2 aromatic rings. The van der Waals surface area contributed by atoms with Crippen molar-refractivity contribution in [2.45, 2.75) is 24.8 Å². The predicted molar refractivity (Wildman–Crippen MR) is 101 cm³/mol. The Kier molecular flexibility index (Phi) is 4.67. The summed E-state index contributed by atoms with van der Waals surface area (Å²) in [4.78, 5) is 25.8. The molecule has 1 aliphatic carbocycles. The summed E-state index contributed by atoms with van der Waals surface area (Å²) in [5, 5.41) is 0. The summed E-state index contributed by atoms with van der Waals surface area (Å²) in [5.41, 5.74) is 4.67. The van der Waals surface area contributed by atoms with Gasteiger partial charge >= 0.3 is 12.1 Å². The molecule has 1 fully saturated rings. The van der Waals surface area contributed by atoms with E-state index >= 15 is 0 Å². The number of ether oxygens (including phenoxy) is 2. The van der Waals surface area contributed by atoms with Gasteiger partial charge in [0.25, 0.3) is 0 Å². The fraction of sp³-hybridized carbons (Fsp3) is 0.273. The number of fused-ring (bicyclic) bond motifs is 3. The Balaban J connectivity index is 1.49. The number of rotatable bonds is 5. The van der Waals surface area contributed by atoms with Gasteiger partial charge in [0.15, 0.2) is 6.73 Å². The fourth-order valence-corrected chi connectivity index (χ4v) is 3.85. The van der Waals surface area contributed by atoms with Gasteiger partial charge < -0.3 is 9.47 Å². The summed E-state index contributed by atoms with van der Waals surface area (Å²) in [6.07, 6.45) is 2.33. The molecule has 0 N–H and O–H groups in total. The number of benzene rings is 2. The van der Waals surface area contributed by atoms with Crippen LogP contribution in [0.4, 0.5) is 4.79 Å². The van der Waals surface area contributed by atoms with Crippen molar-refractivity contribution in [2.24, 2.45) is 0 Å². The van der Waals surface area contributed by atoms with Gasteiger partial charge in [-0.05, 0) is 35.1 Å². The van der Waals surface area contributed by atoms with E-state index in [-0.39, 0.29) is 25.2 Å². The van der Waals surface area contributed by atoms with Gasteiger partial charge in [-0.15, -0.1) is 6.58 Å². The highest BCUT2D eigenvalue weighted by Gasteiger charge is 2.39. The number of nitrogens with zero attached hydrogens (tertiary/aromatic N) is 1. The van der Waals surface area contributed by atoms with Crippen molar-refractivity contribution in [1.82, 2.24) is 4.90 Å². The van der Waals surface area contributed by atoms with Gasteiger partial charge in [0.05, 0.1) is 0 Å². The zero-order valence-electron chi connectivity index (χ0n) is 15.0. The predicted octanol–water partition coefficient (Wildman–Crippen LogP) is 4.09. The van der Waals surface area contributed by atoms with E-state index < -0.39 is 12.1 Å². The van der Waals surface area contributed by atoms with Crippen LogP contribution in [0.3, 0.4) is 0 Å². The van der Waals surface area contributed by atoms with E-state index in [2.05, 4.69) is 30.8 Å². The minimum atomic E-state index is -0.598.